The van der Waals surface area contributed by atoms with E-state index in [0.29, 0.717) is 16.3 Å². The summed E-state index contributed by atoms with van der Waals surface area (Å²) in [6.45, 7) is 1.35. The van der Waals surface area contributed by atoms with Crippen molar-refractivity contribution in [2.75, 3.05) is 5.32 Å². The number of carbonyl (C=O) groups excluding carboxylic acids is 1. The van der Waals surface area contributed by atoms with E-state index in [-0.39, 0.29) is 11.0 Å². The van der Waals surface area contributed by atoms with E-state index < -0.39 is 29.4 Å². The van der Waals surface area contributed by atoms with Crippen LogP contribution in [0.3, 0.4) is 0 Å². The van der Waals surface area contributed by atoms with Crippen LogP contribution in [0, 0.1) is 12.7 Å². The highest BCUT2D eigenvalue weighted by Crippen LogP contribution is 2.22. The van der Waals surface area contributed by atoms with Gasteiger partial charge in [-0.05, 0) is 42.8 Å². The van der Waals surface area contributed by atoms with Gasteiger partial charge in [0.1, 0.15) is 12.4 Å². The monoisotopic (exact) mass is 361 g/mol. The predicted octanol–water partition coefficient (Wildman–Crippen LogP) is 2.43. The molecule has 1 aromatic heterocycles. The smallest absolute Gasteiger partial charge is 0.317 e. The predicted molar refractivity (Wildman–Crippen MR) is 93.6 cm³/mol. The maximum atomic E-state index is 13.3. The van der Waals surface area contributed by atoms with Crippen LogP contribution in [0.1, 0.15) is 5.56 Å². The van der Waals surface area contributed by atoms with Crippen LogP contribution in [0.2, 0.25) is 5.02 Å². The second kappa shape index (κ2) is 6.52. The number of anilines is 1. The first kappa shape index (κ1) is 16.9. The van der Waals surface area contributed by atoms with E-state index in [1.807, 2.05) is 0 Å². The lowest BCUT2D eigenvalue weighted by Gasteiger charge is -2.12. The van der Waals surface area contributed by atoms with E-state index in [1.54, 1.807) is 25.1 Å². The number of hydrogen-bond acceptors (Lipinski definition) is 3. The van der Waals surface area contributed by atoms with Gasteiger partial charge in [0.15, 0.2) is 0 Å². The van der Waals surface area contributed by atoms with Crippen molar-refractivity contribution in [3.8, 4) is 0 Å². The molecule has 0 radical (unpaired) electrons. The van der Waals surface area contributed by atoms with Crippen molar-refractivity contribution >= 4 is 34.2 Å². The number of rotatable bonds is 3. The van der Waals surface area contributed by atoms with E-state index in [1.165, 1.54) is 6.07 Å². The molecule has 6 nitrogen and oxygen atoms in total. The van der Waals surface area contributed by atoms with Gasteiger partial charge in [-0.1, -0.05) is 17.7 Å². The first-order valence-corrected chi connectivity index (χ1v) is 7.72. The average Bonchev–Trinajstić information content (AvgIpc) is 2.56. The molecular weight excluding hydrogens is 349 g/mol. The molecule has 0 unspecified atom stereocenters. The minimum Gasteiger partial charge on any atom is -0.324 e. The van der Waals surface area contributed by atoms with Crippen LogP contribution < -0.4 is 16.4 Å². The summed E-state index contributed by atoms with van der Waals surface area (Å²) < 4.78 is 14.3. The zero-order chi connectivity index (χ0) is 18.1. The van der Waals surface area contributed by atoms with Crippen LogP contribution in [0.15, 0.2) is 46.0 Å². The molecule has 0 aliphatic carbocycles. The van der Waals surface area contributed by atoms with Crippen LogP contribution in [0.25, 0.3) is 11.0 Å². The number of aromatic nitrogens is 2. The van der Waals surface area contributed by atoms with Crippen molar-refractivity contribution in [1.29, 1.82) is 0 Å². The third-order valence-corrected chi connectivity index (χ3v) is 4.19. The van der Waals surface area contributed by atoms with Crippen molar-refractivity contribution in [3.05, 3.63) is 73.5 Å². The number of benzene rings is 2. The van der Waals surface area contributed by atoms with Crippen LogP contribution in [0.5, 0.6) is 0 Å². The molecule has 3 aromatic rings. The fourth-order valence-electron chi connectivity index (χ4n) is 2.48. The second-order valence-corrected chi connectivity index (χ2v) is 5.87. The number of carbonyl (C=O) groups is 1. The number of H-pyrrole nitrogens is 1. The molecule has 0 aliphatic rings. The number of nitrogens with one attached hydrogen (secondary N) is 2. The van der Waals surface area contributed by atoms with Crippen molar-refractivity contribution in [1.82, 2.24) is 9.55 Å². The number of amides is 1. The molecule has 2 aromatic carbocycles. The Morgan fingerprint density at radius 1 is 1.28 bits per heavy atom. The molecule has 25 heavy (non-hydrogen) atoms. The second-order valence-electron chi connectivity index (χ2n) is 5.47. The van der Waals surface area contributed by atoms with Crippen LogP contribution in [-0.2, 0) is 11.3 Å². The number of hydrogen-bond donors (Lipinski definition) is 2. The lowest BCUT2D eigenvalue weighted by Crippen LogP contribution is -2.38. The van der Waals surface area contributed by atoms with E-state index in [2.05, 4.69) is 10.3 Å². The van der Waals surface area contributed by atoms with Gasteiger partial charge in [-0.2, -0.15) is 0 Å². The quantitative estimate of drug-likeness (QED) is 0.703. The van der Waals surface area contributed by atoms with E-state index in [9.17, 15) is 18.8 Å². The summed E-state index contributed by atoms with van der Waals surface area (Å²) in [5, 5.41) is 3.15. The summed E-state index contributed by atoms with van der Waals surface area (Å²) in [6.07, 6.45) is 0. The molecule has 1 heterocycles. The van der Waals surface area contributed by atoms with Gasteiger partial charge >= 0.3 is 11.1 Å². The lowest BCUT2D eigenvalue weighted by molar-refractivity contribution is -0.116. The summed E-state index contributed by atoms with van der Waals surface area (Å²) in [4.78, 5) is 38.5. The molecule has 3 rings (SSSR count). The van der Waals surface area contributed by atoms with Crippen LogP contribution in [0.4, 0.5) is 10.1 Å². The molecule has 0 saturated heterocycles. The Kier molecular flexibility index (Phi) is 4.41. The maximum absolute atomic E-state index is 13.3. The molecule has 0 spiro atoms. The molecule has 2 N–H and O–H groups in total. The van der Waals surface area contributed by atoms with Gasteiger partial charge in [0.2, 0.25) is 5.91 Å². The molecule has 0 fully saturated rings. The average molecular weight is 362 g/mol. The molecule has 8 heteroatoms. The highest BCUT2D eigenvalue weighted by atomic mass is 35.5. The summed E-state index contributed by atoms with van der Waals surface area (Å²) in [6, 6.07) is 8.62. The first-order chi connectivity index (χ1) is 11.9. The highest BCUT2D eigenvalue weighted by Gasteiger charge is 2.13. The Bertz CT molecular complexity index is 1100. The van der Waals surface area contributed by atoms with Gasteiger partial charge in [-0.3, -0.25) is 19.0 Å². The third kappa shape index (κ3) is 3.32. The molecule has 1 amide bonds. The maximum Gasteiger partial charge on any atom is 0.317 e. The van der Waals surface area contributed by atoms with Gasteiger partial charge in [0.05, 0.1) is 11.0 Å². The molecule has 0 bridgehead atoms. The van der Waals surface area contributed by atoms with E-state index >= 15 is 0 Å². The van der Waals surface area contributed by atoms with Crippen molar-refractivity contribution in [3.63, 3.8) is 0 Å². The topological polar surface area (TPSA) is 84.0 Å². The van der Waals surface area contributed by atoms with Gasteiger partial charge in [-0.15, -0.1) is 0 Å². The SMILES string of the molecule is Cc1c(Cl)cccc1NC(=O)Cn1c(=O)c(=O)[nH]c2cc(F)ccc21. The summed E-state index contributed by atoms with van der Waals surface area (Å²) in [5.74, 6) is -1.07. The third-order valence-electron chi connectivity index (χ3n) is 3.78. The van der Waals surface area contributed by atoms with Crippen molar-refractivity contribution in [2.45, 2.75) is 13.5 Å². The van der Waals surface area contributed by atoms with Gasteiger partial charge in [0.25, 0.3) is 0 Å². The zero-order valence-corrected chi connectivity index (χ0v) is 13.9. The Balaban J connectivity index is 1.99. The minimum atomic E-state index is -0.926. The van der Waals surface area contributed by atoms with Crippen LogP contribution in [-0.4, -0.2) is 15.5 Å². The fourth-order valence-corrected chi connectivity index (χ4v) is 2.66. The summed E-state index contributed by atoms with van der Waals surface area (Å²) >= 11 is 6.01. The first-order valence-electron chi connectivity index (χ1n) is 7.34. The molecule has 0 atom stereocenters. The highest BCUT2D eigenvalue weighted by molar-refractivity contribution is 6.31. The summed E-state index contributed by atoms with van der Waals surface area (Å²) in [5.41, 5.74) is -0.240. The molecule has 0 aliphatic heterocycles. The number of aromatic amines is 1. The fraction of sp³-hybridized carbons (Fsp3) is 0.118. The minimum absolute atomic E-state index is 0.135. The normalized spacial score (nSPS) is 10.8. The number of nitrogens with zero attached hydrogens (tertiary/aromatic N) is 1. The van der Waals surface area contributed by atoms with E-state index in [0.717, 1.165) is 16.7 Å². The Hall–Kier alpha value is -2.93. The Morgan fingerprint density at radius 3 is 2.80 bits per heavy atom. The van der Waals surface area contributed by atoms with Gasteiger partial charge < -0.3 is 10.3 Å². The molecule has 0 saturated carbocycles. The number of halogens is 2. The van der Waals surface area contributed by atoms with E-state index in [4.69, 9.17) is 11.6 Å². The van der Waals surface area contributed by atoms with Crippen molar-refractivity contribution < 1.29 is 9.18 Å². The Morgan fingerprint density at radius 2 is 2.04 bits per heavy atom. The number of fused-ring (bicyclic) bond motifs is 1. The summed E-state index contributed by atoms with van der Waals surface area (Å²) in [7, 11) is 0. The van der Waals surface area contributed by atoms with Crippen LogP contribution >= 0.6 is 11.6 Å². The molecular formula is C17H13ClFN3O3. The zero-order valence-electron chi connectivity index (χ0n) is 13.1. The van der Waals surface area contributed by atoms with Gasteiger partial charge in [-0.25, -0.2) is 4.39 Å². The largest absolute Gasteiger partial charge is 0.324 e. The standard InChI is InChI=1S/C17H13ClFN3O3/c1-9-11(18)3-2-4-12(9)20-15(23)8-22-14-6-5-10(19)7-13(14)21-16(24)17(22)25/h2-7H,8H2,1H3,(H,20,23)(H,21,24). The van der Waals surface area contributed by atoms with Gasteiger partial charge in [0, 0.05) is 10.7 Å². The Labute approximate surface area is 145 Å². The van der Waals surface area contributed by atoms with Crippen molar-refractivity contribution in [2.24, 2.45) is 0 Å². The lowest BCUT2D eigenvalue weighted by atomic mass is 10.2. The molecule has 128 valence electrons.